The van der Waals surface area contributed by atoms with Crippen molar-refractivity contribution in [3.05, 3.63) is 82.3 Å². The number of aromatic nitrogens is 1. The Kier molecular flexibility index (Phi) is 7.02. The topological polar surface area (TPSA) is 40.5 Å². The maximum absolute atomic E-state index is 12.9. The molecule has 0 aliphatic rings. The van der Waals surface area contributed by atoms with E-state index < -0.39 is 6.29 Å². The highest BCUT2D eigenvalue weighted by atomic mass is 16.7. The summed E-state index contributed by atoms with van der Waals surface area (Å²) in [6.45, 7) is 5.26. The molecule has 0 unspecified atom stereocenters. The Bertz CT molecular complexity index is 1020. The zero-order valence-corrected chi connectivity index (χ0v) is 16.4. The van der Waals surface area contributed by atoms with Crippen molar-refractivity contribution < 1.29 is 9.47 Å². The first-order valence-electron chi connectivity index (χ1n) is 9.60. The SMILES string of the molecule is CCOC(Cn1ccc2ccc(C#CCc3ccccc3)cc2c1=O)OCC. The molecule has 0 atom stereocenters. The average molecular weight is 375 g/mol. The Hall–Kier alpha value is -2.87. The number of pyridine rings is 1. The first-order chi connectivity index (χ1) is 13.7. The molecule has 0 bridgehead atoms. The van der Waals surface area contributed by atoms with Gasteiger partial charge in [0.1, 0.15) is 0 Å². The van der Waals surface area contributed by atoms with E-state index in [-0.39, 0.29) is 5.56 Å². The van der Waals surface area contributed by atoms with E-state index in [0.29, 0.717) is 31.6 Å². The lowest BCUT2D eigenvalue weighted by atomic mass is 10.1. The summed E-state index contributed by atoms with van der Waals surface area (Å²) in [6.07, 6.45) is 2.04. The van der Waals surface area contributed by atoms with Gasteiger partial charge in [-0.15, -0.1) is 0 Å². The Morgan fingerprint density at radius 3 is 2.46 bits per heavy atom. The third-order valence-electron chi connectivity index (χ3n) is 4.40. The van der Waals surface area contributed by atoms with E-state index in [1.165, 1.54) is 5.56 Å². The Balaban J connectivity index is 1.84. The second-order valence-corrected chi connectivity index (χ2v) is 6.38. The van der Waals surface area contributed by atoms with Gasteiger partial charge in [-0.3, -0.25) is 4.79 Å². The van der Waals surface area contributed by atoms with Crippen molar-refractivity contribution in [2.24, 2.45) is 0 Å². The minimum Gasteiger partial charge on any atom is -0.351 e. The summed E-state index contributed by atoms with van der Waals surface area (Å²) in [6, 6.07) is 17.8. The number of nitrogens with zero attached hydrogens (tertiary/aromatic N) is 1. The quantitative estimate of drug-likeness (QED) is 0.463. The minimum absolute atomic E-state index is 0.0615. The molecular formula is C24H25NO3. The van der Waals surface area contributed by atoms with Crippen LogP contribution in [0.4, 0.5) is 0 Å². The van der Waals surface area contributed by atoms with Crippen molar-refractivity contribution in [1.82, 2.24) is 4.57 Å². The monoisotopic (exact) mass is 375 g/mol. The summed E-state index contributed by atoms with van der Waals surface area (Å²) in [5.74, 6) is 6.35. The largest absolute Gasteiger partial charge is 0.351 e. The van der Waals surface area contributed by atoms with Crippen molar-refractivity contribution >= 4 is 10.8 Å². The number of ether oxygens (including phenoxy) is 2. The normalized spacial score (nSPS) is 10.8. The molecule has 4 nitrogen and oxygen atoms in total. The van der Waals surface area contributed by atoms with Crippen molar-refractivity contribution in [2.45, 2.75) is 33.1 Å². The first-order valence-corrected chi connectivity index (χ1v) is 9.60. The van der Waals surface area contributed by atoms with Gasteiger partial charge in [0.15, 0.2) is 6.29 Å². The van der Waals surface area contributed by atoms with Gasteiger partial charge in [0, 0.05) is 36.8 Å². The molecule has 0 saturated heterocycles. The molecule has 2 aromatic carbocycles. The fourth-order valence-corrected chi connectivity index (χ4v) is 3.03. The molecule has 0 saturated carbocycles. The molecule has 144 valence electrons. The van der Waals surface area contributed by atoms with Crippen LogP contribution in [0.15, 0.2) is 65.6 Å². The standard InChI is InChI=1S/C24H25NO3/c1-3-27-23(28-4-2)18-25-16-15-21-14-13-20(17-22(21)24(25)26)12-8-11-19-9-6-5-7-10-19/h5-7,9-10,13-17,23H,3-4,11,18H2,1-2H3. The second kappa shape index (κ2) is 9.89. The first kappa shape index (κ1) is 19.9. The maximum atomic E-state index is 12.9. The van der Waals surface area contributed by atoms with Gasteiger partial charge in [0.2, 0.25) is 0 Å². The molecule has 3 aromatic rings. The van der Waals surface area contributed by atoms with E-state index >= 15 is 0 Å². The fraction of sp³-hybridized carbons (Fsp3) is 0.292. The molecule has 4 heteroatoms. The van der Waals surface area contributed by atoms with Crippen LogP contribution in [0.5, 0.6) is 0 Å². The van der Waals surface area contributed by atoms with E-state index in [1.54, 1.807) is 10.8 Å². The Labute approximate surface area is 165 Å². The third-order valence-corrected chi connectivity index (χ3v) is 4.40. The van der Waals surface area contributed by atoms with Crippen LogP contribution in [-0.4, -0.2) is 24.1 Å². The summed E-state index contributed by atoms with van der Waals surface area (Å²) >= 11 is 0. The van der Waals surface area contributed by atoms with Gasteiger partial charge < -0.3 is 14.0 Å². The van der Waals surface area contributed by atoms with Crippen LogP contribution in [0.25, 0.3) is 10.8 Å². The molecule has 0 spiro atoms. The molecule has 0 fully saturated rings. The molecule has 0 aliphatic heterocycles. The van der Waals surface area contributed by atoms with Crippen LogP contribution in [0.1, 0.15) is 25.0 Å². The van der Waals surface area contributed by atoms with Gasteiger partial charge in [0.25, 0.3) is 5.56 Å². The van der Waals surface area contributed by atoms with E-state index in [4.69, 9.17) is 9.47 Å². The number of rotatable bonds is 7. The highest BCUT2D eigenvalue weighted by molar-refractivity contribution is 5.82. The highest BCUT2D eigenvalue weighted by Crippen LogP contribution is 2.12. The van der Waals surface area contributed by atoms with Gasteiger partial charge >= 0.3 is 0 Å². The van der Waals surface area contributed by atoms with Crippen LogP contribution in [0, 0.1) is 11.8 Å². The van der Waals surface area contributed by atoms with Gasteiger partial charge in [-0.25, -0.2) is 0 Å². The van der Waals surface area contributed by atoms with Gasteiger partial charge in [-0.05, 0) is 43.0 Å². The molecule has 1 aromatic heterocycles. The maximum Gasteiger partial charge on any atom is 0.258 e. The zero-order chi connectivity index (χ0) is 19.8. The van der Waals surface area contributed by atoms with Crippen molar-refractivity contribution in [2.75, 3.05) is 13.2 Å². The van der Waals surface area contributed by atoms with Crippen LogP contribution < -0.4 is 5.56 Å². The van der Waals surface area contributed by atoms with E-state index in [0.717, 1.165) is 10.9 Å². The average Bonchev–Trinajstić information content (AvgIpc) is 2.71. The molecule has 28 heavy (non-hydrogen) atoms. The second-order valence-electron chi connectivity index (χ2n) is 6.38. The van der Waals surface area contributed by atoms with Crippen LogP contribution in [-0.2, 0) is 22.4 Å². The number of hydrogen-bond donors (Lipinski definition) is 0. The molecule has 0 aliphatic carbocycles. The van der Waals surface area contributed by atoms with E-state index in [1.807, 2.05) is 56.3 Å². The lowest BCUT2D eigenvalue weighted by Gasteiger charge is -2.18. The third kappa shape index (κ3) is 5.10. The molecular weight excluding hydrogens is 350 g/mol. The van der Waals surface area contributed by atoms with E-state index in [2.05, 4.69) is 24.0 Å². The molecule has 0 radical (unpaired) electrons. The predicted molar refractivity (Wildman–Crippen MR) is 112 cm³/mol. The lowest BCUT2D eigenvalue weighted by Crippen LogP contribution is -2.30. The van der Waals surface area contributed by atoms with Crippen LogP contribution in [0.3, 0.4) is 0 Å². The number of benzene rings is 2. The van der Waals surface area contributed by atoms with Gasteiger partial charge in [0.05, 0.1) is 6.54 Å². The van der Waals surface area contributed by atoms with Crippen molar-refractivity contribution in [3.63, 3.8) is 0 Å². The predicted octanol–water partition coefficient (Wildman–Crippen LogP) is 3.99. The van der Waals surface area contributed by atoms with Gasteiger partial charge in [-0.2, -0.15) is 0 Å². The summed E-state index contributed by atoms with van der Waals surface area (Å²) < 4.78 is 12.8. The minimum atomic E-state index is -0.431. The molecule has 0 amide bonds. The Morgan fingerprint density at radius 1 is 1.00 bits per heavy atom. The van der Waals surface area contributed by atoms with Crippen molar-refractivity contribution in [3.8, 4) is 11.8 Å². The molecule has 1 heterocycles. The summed E-state index contributed by atoms with van der Waals surface area (Å²) in [5, 5.41) is 1.56. The fourth-order valence-electron chi connectivity index (χ4n) is 3.03. The summed E-state index contributed by atoms with van der Waals surface area (Å²) in [5.41, 5.74) is 1.95. The molecule has 3 rings (SSSR count). The number of fused-ring (bicyclic) bond motifs is 1. The van der Waals surface area contributed by atoms with E-state index in [9.17, 15) is 4.79 Å². The smallest absolute Gasteiger partial charge is 0.258 e. The van der Waals surface area contributed by atoms with Crippen LogP contribution >= 0.6 is 0 Å². The van der Waals surface area contributed by atoms with Gasteiger partial charge in [-0.1, -0.05) is 48.2 Å². The zero-order valence-electron chi connectivity index (χ0n) is 16.4. The lowest BCUT2D eigenvalue weighted by molar-refractivity contribution is -0.143. The Morgan fingerprint density at radius 2 is 1.75 bits per heavy atom. The summed E-state index contributed by atoms with van der Waals surface area (Å²) in [7, 11) is 0. The van der Waals surface area contributed by atoms with Crippen molar-refractivity contribution in [1.29, 1.82) is 0 Å². The molecule has 0 N–H and O–H groups in total. The van der Waals surface area contributed by atoms with Crippen LogP contribution in [0.2, 0.25) is 0 Å². The summed E-state index contributed by atoms with van der Waals surface area (Å²) in [4.78, 5) is 12.9. The highest BCUT2D eigenvalue weighted by Gasteiger charge is 2.11. The number of hydrogen-bond acceptors (Lipinski definition) is 3.